The minimum absolute atomic E-state index is 0.561. The fourth-order valence-corrected chi connectivity index (χ4v) is 2.57. The fourth-order valence-electron chi connectivity index (χ4n) is 2.38. The van der Waals surface area contributed by atoms with E-state index in [0.717, 1.165) is 37.1 Å². The van der Waals surface area contributed by atoms with Crippen molar-refractivity contribution in [1.29, 1.82) is 0 Å². The predicted octanol–water partition coefficient (Wildman–Crippen LogP) is 3.32. The molecule has 1 aliphatic heterocycles. The second kappa shape index (κ2) is 5.67. The molecule has 1 atom stereocenters. The van der Waals surface area contributed by atoms with Gasteiger partial charge in [-0.25, -0.2) is 9.97 Å². The molecule has 0 bridgehead atoms. The van der Waals surface area contributed by atoms with Crippen LogP contribution in [0, 0.1) is 5.92 Å². The molecule has 0 aromatic carbocycles. The molecule has 0 N–H and O–H groups in total. The normalized spacial score (nSPS) is 20.6. The summed E-state index contributed by atoms with van der Waals surface area (Å²) in [5.74, 6) is 2.63. The van der Waals surface area contributed by atoms with Gasteiger partial charge < -0.3 is 4.90 Å². The van der Waals surface area contributed by atoms with E-state index in [1.54, 1.807) is 0 Å². The number of halogens is 1. The molecule has 1 saturated heterocycles. The van der Waals surface area contributed by atoms with Crippen molar-refractivity contribution in [3.8, 4) is 0 Å². The predicted molar refractivity (Wildman–Crippen MR) is 71.6 cm³/mol. The average Bonchev–Trinajstić information content (AvgIpc) is 2.38. The molecule has 1 aromatic heterocycles. The Kier molecular flexibility index (Phi) is 4.21. The number of anilines is 1. The van der Waals surface area contributed by atoms with Crippen molar-refractivity contribution in [2.75, 3.05) is 18.0 Å². The summed E-state index contributed by atoms with van der Waals surface area (Å²) in [6.45, 7) is 6.51. The van der Waals surface area contributed by atoms with E-state index in [2.05, 4.69) is 28.7 Å². The highest BCUT2D eigenvalue weighted by molar-refractivity contribution is 6.29. The highest BCUT2D eigenvalue weighted by Gasteiger charge is 2.20. The largest absolute Gasteiger partial charge is 0.356 e. The van der Waals surface area contributed by atoms with Crippen LogP contribution in [0.25, 0.3) is 0 Å². The molecule has 94 valence electrons. The van der Waals surface area contributed by atoms with Crippen molar-refractivity contribution in [2.45, 2.75) is 39.5 Å². The molecule has 2 rings (SSSR count). The van der Waals surface area contributed by atoms with Gasteiger partial charge in [-0.15, -0.1) is 0 Å². The first-order valence-corrected chi connectivity index (χ1v) is 6.89. The molecule has 0 aliphatic carbocycles. The lowest BCUT2D eigenvalue weighted by atomic mass is 9.96. The molecule has 0 amide bonds. The topological polar surface area (TPSA) is 29.0 Å². The molecule has 17 heavy (non-hydrogen) atoms. The standard InChI is InChI=1S/C13H20ClN3/c1-3-10-6-5-7-17(9-10)13-8-11(14)15-12(4-2)16-13/h8,10H,3-7,9H2,1-2H3. The first kappa shape index (κ1) is 12.6. The summed E-state index contributed by atoms with van der Waals surface area (Å²) in [5, 5.41) is 0.561. The lowest BCUT2D eigenvalue weighted by molar-refractivity contribution is 0.402. The number of piperidine rings is 1. The maximum absolute atomic E-state index is 6.04. The van der Waals surface area contributed by atoms with E-state index in [-0.39, 0.29) is 0 Å². The molecule has 4 heteroatoms. The number of aromatic nitrogens is 2. The first-order valence-electron chi connectivity index (χ1n) is 6.51. The third kappa shape index (κ3) is 3.09. The molecular formula is C13H20ClN3. The Morgan fingerprint density at radius 3 is 2.94 bits per heavy atom. The van der Waals surface area contributed by atoms with Crippen LogP contribution in [-0.4, -0.2) is 23.1 Å². The zero-order valence-electron chi connectivity index (χ0n) is 10.6. The molecule has 0 radical (unpaired) electrons. The van der Waals surface area contributed by atoms with Crippen LogP contribution in [0.15, 0.2) is 6.07 Å². The third-order valence-electron chi connectivity index (χ3n) is 3.46. The summed E-state index contributed by atoms with van der Waals surface area (Å²) in [4.78, 5) is 11.1. The van der Waals surface area contributed by atoms with Gasteiger partial charge in [-0.3, -0.25) is 0 Å². The van der Waals surface area contributed by atoms with Crippen molar-refractivity contribution in [3.63, 3.8) is 0 Å². The van der Waals surface area contributed by atoms with E-state index in [4.69, 9.17) is 11.6 Å². The minimum atomic E-state index is 0.561. The van der Waals surface area contributed by atoms with Crippen molar-refractivity contribution in [1.82, 2.24) is 9.97 Å². The Balaban J connectivity index is 2.18. The van der Waals surface area contributed by atoms with Gasteiger partial charge in [0, 0.05) is 25.6 Å². The van der Waals surface area contributed by atoms with Gasteiger partial charge in [-0.2, -0.15) is 0 Å². The first-order chi connectivity index (χ1) is 8.22. The highest BCUT2D eigenvalue weighted by Crippen LogP contribution is 2.24. The number of rotatable bonds is 3. The minimum Gasteiger partial charge on any atom is -0.356 e. The number of aryl methyl sites for hydroxylation is 1. The van der Waals surface area contributed by atoms with Gasteiger partial charge in [0.25, 0.3) is 0 Å². The summed E-state index contributed by atoms with van der Waals surface area (Å²) in [6.07, 6.45) is 4.67. The zero-order chi connectivity index (χ0) is 12.3. The van der Waals surface area contributed by atoms with Crippen LogP contribution in [0.3, 0.4) is 0 Å². The quantitative estimate of drug-likeness (QED) is 0.774. The van der Waals surface area contributed by atoms with E-state index in [9.17, 15) is 0 Å². The molecule has 0 spiro atoms. The van der Waals surface area contributed by atoms with Gasteiger partial charge in [0.15, 0.2) is 0 Å². The maximum Gasteiger partial charge on any atom is 0.134 e. The monoisotopic (exact) mass is 253 g/mol. The van der Waals surface area contributed by atoms with Crippen LogP contribution in [0.2, 0.25) is 5.15 Å². The van der Waals surface area contributed by atoms with Crippen molar-refractivity contribution < 1.29 is 0 Å². The number of hydrogen-bond donors (Lipinski definition) is 0. The van der Waals surface area contributed by atoms with Crippen LogP contribution in [0.5, 0.6) is 0 Å². The molecule has 3 nitrogen and oxygen atoms in total. The molecule has 0 saturated carbocycles. The van der Waals surface area contributed by atoms with E-state index >= 15 is 0 Å². The Morgan fingerprint density at radius 1 is 1.41 bits per heavy atom. The van der Waals surface area contributed by atoms with Gasteiger partial charge in [0.1, 0.15) is 16.8 Å². The Labute approximate surface area is 108 Å². The Morgan fingerprint density at radius 2 is 2.24 bits per heavy atom. The summed E-state index contributed by atoms with van der Waals surface area (Å²) in [6, 6.07) is 1.89. The lowest BCUT2D eigenvalue weighted by Gasteiger charge is -2.33. The van der Waals surface area contributed by atoms with E-state index < -0.39 is 0 Å². The number of hydrogen-bond acceptors (Lipinski definition) is 3. The summed E-state index contributed by atoms with van der Waals surface area (Å²) in [5.41, 5.74) is 0. The lowest BCUT2D eigenvalue weighted by Crippen LogP contribution is -2.35. The van der Waals surface area contributed by atoms with E-state index in [0.29, 0.717) is 5.15 Å². The number of nitrogens with zero attached hydrogens (tertiary/aromatic N) is 3. The average molecular weight is 254 g/mol. The summed E-state index contributed by atoms with van der Waals surface area (Å²) < 4.78 is 0. The fraction of sp³-hybridized carbons (Fsp3) is 0.692. The van der Waals surface area contributed by atoms with Gasteiger partial charge >= 0.3 is 0 Å². The molecule has 1 aliphatic rings. The molecule has 1 aromatic rings. The zero-order valence-corrected chi connectivity index (χ0v) is 11.4. The van der Waals surface area contributed by atoms with Crippen molar-refractivity contribution in [3.05, 3.63) is 17.0 Å². The van der Waals surface area contributed by atoms with Crippen molar-refractivity contribution >= 4 is 17.4 Å². The Hall–Kier alpha value is -0.830. The van der Waals surface area contributed by atoms with Crippen LogP contribution in [0.4, 0.5) is 5.82 Å². The Bertz CT molecular complexity index is 381. The smallest absolute Gasteiger partial charge is 0.134 e. The van der Waals surface area contributed by atoms with Gasteiger partial charge in [-0.1, -0.05) is 31.9 Å². The summed E-state index contributed by atoms with van der Waals surface area (Å²) >= 11 is 6.04. The third-order valence-corrected chi connectivity index (χ3v) is 3.66. The van der Waals surface area contributed by atoms with E-state index in [1.165, 1.54) is 19.3 Å². The van der Waals surface area contributed by atoms with Gasteiger partial charge in [0.2, 0.25) is 0 Å². The van der Waals surface area contributed by atoms with Crippen LogP contribution < -0.4 is 4.90 Å². The second-order valence-electron chi connectivity index (χ2n) is 4.68. The van der Waals surface area contributed by atoms with E-state index in [1.807, 2.05) is 6.07 Å². The SMILES string of the molecule is CCc1nc(Cl)cc(N2CCCC(CC)C2)n1. The molecule has 1 fully saturated rings. The van der Waals surface area contributed by atoms with Gasteiger partial charge in [-0.05, 0) is 18.8 Å². The van der Waals surface area contributed by atoms with Crippen molar-refractivity contribution in [2.24, 2.45) is 5.92 Å². The van der Waals surface area contributed by atoms with Gasteiger partial charge in [0.05, 0.1) is 0 Å². The molecule has 1 unspecified atom stereocenters. The van der Waals surface area contributed by atoms with Crippen LogP contribution >= 0.6 is 11.6 Å². The molecule has 2 heterocycles. The maximum atomic E-state index is 6.04. The summed E-state index contributed by atoms with van der Waals surface area (Å²) in [7, 11) is 0. The second-order valence-corrected chi connectivity index (χ2v) is 5.07. The molecular weight excluding hydrogens is 234 g/mol. The van der Waals surface area contributed by atoms with Crippen LogP contribution in [-0.2, 0) is 6.42 Å². The highest BCUT2D eigenvalue weighted by atomic mass is 35.5. The van der Waals surface area contributed by atoms with Crippen LogP contribution in [0.1, 0.15) is 38.9 Å².